The number of aromatic nitrogens is 3. The topological polar surface area (TPSA) is 51.0 Å². The van der Waals surface area contributed by atoms with Crippen molar-refractivity contribution >= 4 is 16.8 Å². The third kappa shape index (κ3) is 3.02. The van der Waals surface area contributed by atoms with Crippen LogP contribution < -0.4 is 0 Å². The first-order valence-corrected chi connectivity index (χ1v) is 8.46. The van der Waals surface area contributed by atoms with Crippen LogP contribution in [0.5, 0.6) is 0 Å². The predicted octanol–water partition coefficient (Wildman–Crippen LogP) is 3.73. The summed E-state index contributed by atoms with van der Waals surface area (Å²) in [7, 11) is 3.71. The van der Waals surface area contributed by atoms with Crippen LogP contribution in [0.1, 0.15) is 35.3 Å². The van der Waals surface area contributed by atoms with Gasteiger partial charge in [-0.2, -0.15) is 5.10 Å². The number of hydrogen-bond donors (Lipinski definition) is 0. The Morgan fingerprint density at radius 1 is 1.24 bits per heavy atom. The van der Waals surface area contributed by atoms with E-state index in [0.717, 1.165) is 27.7 Å². The molecule has 0 aliphatic rings. The number of aryl methyl sites for hydroxylation is 3. The lowest BCUT2D eigenvalue weighted by Gasteiger charge is -2.23. The average molecular weight is 336 g/mol. The van der Waals surface area contributed by atoms with Crippen LogP contribution in [0, 0.1) is 13.8 Å². The zero-order chi connectivity index (χ0) is 18.3. The van der Waals surface area contributed by atoms with Crippen molar-refractivity contribution in [2.75, 3.05) is 7.05 Å². The average Bonchev–Trinajstić information content (AvgIpc) is 3.02. The molecular formula is C20H24N4O. The molecule has 2 heterocycles. The Morgan fingerprint density at radius 2 is 1.96 bits per heavy atom. The first-order chi connectivity index (χ1) is 11.8. The highest BCUT2D eigenvalue weighted by Crippen LogP contribution is 2.29. The van der Waals surface area contributed by atoms with Crippen LogP contribution in [0.15, 0.2) is 30.6 Å². The second-order valence-electron chi connectivity index (χ2n) is 6.87. The zero-order valence-electron chi connectivity index (χ0n) is 15.7. The molecule has 0 saturated heterocycles. The van der Waals surface area contributed by atoms with Gasteiger partial charge >= 0.3 is 0 Å². The summed E-state index contributed by atoms with van der Waals surface area (Å²) in [5.74, 6) is 0.00999. The van der Waals surface area contributed by atoms with Crippen molar-refractivity contribution in [2.24, 2.45) is 7.05 Å². The number of amides is 1. The molecule has 0 unspecified atom stereocenters. The lowest BCUT2D eigenvalue weighted by atomic mass is 9.99. The molecule has 0 spiro atoms. The van der Waals surface area contributed by atoms with E-state index in [2.05, 4.69) is 25.0 Å². The van der Waals surface area contributed by atoms with E-state index in [9.17, 15) is 4.79 Å². The van der Waals surface area contributed by atoms with E-state index in [-0.39, 0.29) is 11.9 Å². The van der Waals surface area contributed by atoms with Gasteiger partial charge in [0, 0.05) is 37.3 Å². The first-order valence-electron chi connectivity index (χ1n) is 8.46. The van der Waals surface area contributed by atoms with Gasteiger partial charge in [0.1, 0.15) is 0 Å². The normalized spacial score (nSPS) is 11.3. The number of hydrogen-bond acceptors (Lipinski definition) is 3. The lowest BCUT2D eigenvalue weighted by molar-refractivity contribution is 0.0757. The quantitative estimate of drug-likeness (QED) is 0.732. The lowest BCUT2D eigenvalue weighted by Crippen LogP contribution is -2.33. The predicted molar refractivity (Wildman–Crippen MR) is 101 cm³/mol. The van der Waals surface area contributed by atoms with Crippen LogP contribution in [0.3, 0.4) is 0 Å². The molecule has 0 bridgehead atoms. The standard InChI is InChI=1S/C20H24N4O/c1-12(2)24(6)20(25)17-9-18(15-10-21-23(5)11-15)22-19-14(4)13(3)7-8-16(17)19/h7-12H,1-6H3. The minimum absolute atomic E-state index is 0.00999. The van der Waals surface area contributed by atoms with Gasteiger partial charge in [-0.1, -0.05) is 12.1 Å². The Balaban J connectivity index is 2.30. The van der Waals surface area contributed by atoms with Crippen molar-refractivity contribution in [3.63, 3.8) is 0 Å². The molecule has 25 heavy (non-hydrogen) atoms. The van der Waals surface area contributed by atoms with Gasteiger partial charge in [0.05, 0.1) is 23.0 Å². The van der Waals surface area contributed by atoms with Crippen LogP contribution in [0.4, 0.5) is 0 Å². The summed E-state index contributed by atoms with van der Waals surface area (Å²) < 4.78 is 1.74. The minimum Gasteiger partial charge on any atom is -0.339 e. The van der Waals surface area contributed by atoms with Crippen molar-refractivity contribution in [1.82, 2.24) is 19.7 Å². The van der Waals surface area contributed by atoms with Gasteiger partial charge in [-0.25, -0.2) is 4.98 Å². The van der Waals surface area contributed by atoms with Gasteiger partial charge in [-0.3, -0.25) is 9.48 Å². The van der Waals surface area contributed by atoms with E-state index in [0.29, 0.717) is 5.56 Å². The monoisotopic (exact) mass is 336 g/mol. The largest absolute Gasteiger partial charge is 0.339 e. The summed E-state index contributed by atoms with van der Waals surface area (Å²) in [5.41, 5.74) is 5.51. The molecule has 1 aromatic carbocycles. The van der Waals surface area contributed by atoms with E-state index in [1.807, 2.05) is 46.3 Å². The minimum atomic E-state index is 0.00999. The van der Waals surface area contributed by atoms with Crippen molar-refractivity contribution in [1.29, 1.82) is 0 Å². The number of fused-ring (bicyclic) bond motifs is 1. The van der Waals surface area contributed by atoms with E-state index in [1.165, 1.54) is 5.56 Å². The molecule has 0 aliphatic carbocycles. The van der Waals surface area contributed by atoms with Gasteiger partial charge in [0.25, 0.3) is 5.91 Å². The van der Waals surface area contributed by atoms with Crippen molar-refractivity contribution in [2.45, 2.75) is 33.7 Å². The van der Waals surface area contributed by atoms with Gasteiger partial charge in [0.15, 0.2) is 0 Å². The number of carbonyl (C=O) groups excluding carboxylic acids is 1. The van der Waals surface area contributed by atoms with E-state index < -0.39 is 0 Å². The molecule has 5 nitrogen and oxygen atoms in total. The van der Waals surface area contributed by atoms with Crippen molar-refractivity contribution in [3.05, 3.63) is 47.3 Å². The highest BCUT2D eigenvalue weighted by Gasteiger charge is 2.20. The molecule has 0 radical (unpaired) electrons. The van der Waals surface area contributed by atoms with Crippen LogP contribution in [-0.4, -0.2) is 38.7 Å². The van der Waals surface area contributed by atoms with Gasteiger partial charge < -0.3 is 4.90 Å². The van der Waals surface area contributed by atoms with E-state index in [4.69, 9.17) is 4.98 Å². The van der Waals surface area contributed by atoms with E-state index in [1.54, 1.807) is 15.8 Å². The second-order valence-corrected chi connectivity index (χ2v) is 6.87. The number of benzene rings is 1. The molecule has 0 N–H and O–H groups in total. The molecule has 2 aromatic heterocycles. The molecule has 0 saturated carbocycles. The smallest absolute Gasteiger partial charge is 0.254 e. The van der Waals surface area contributed by atoms with Crippen LogP contribution in [0.2, 0.25) is 0 Å². The summed E-state index contributed by atoms with van der Waals surface area (Å²) >= 11 is 0. The van der Waals surface area contributed by atoms with Gasteiger partial charge in [-0.05, 0) is 44.9 Å². The zero-order valence-corrected chi connectivity index (χ0v) is 15.7. The fourth-order valence-corrected chi connectivity index (χ4v) is 2.83. The summed E-state index contributed by atoms with van der Waals surface area (Å²) in [6.07, 6.45) is 3.69. The Kier molecular flexibility index (Phi) is 4.33. The van der Waals surface area contributed by atoms with E-state index >= 15 is 0 Å². The summed E-state index contributed by atoms with van der Waals surface area (Å²) in [6.45, 7) is 8.14. The molecular weight excluding hydrogens is 312 g/mol. The maximum absolute atomic E-state index is 13.1. The molecule has 0 fully saturated rings. The van der Waals surface area contributed by atoms with Crippen LogP contribution >= 0.6 is 0 Å². The van der Waals surface area contributed by atoms with Gasteiger partial charge in [-0.15, -0.1) is 0 Å². The van der Waals surface area contributed by atoms with Gasteiger partial charge in [0.2, 0.25) is 0 Å². The first kappa shape index (κ1) is 17.1. The fraction of sp³-hybridized carbons (Fsp3) is 0.350. The second kappa shape index (κ2) is 6.31. The third-order valence-electron chi connectivity index (χ3n) is 4.83. The Hall–Kier alpha value is -2.69. The molecule has 1 amide bonds. The summed E-state index contributed by atoms with van der Waals surface area (Å²) in [6, 6.07) is 6.06. The van der Waals surface area contributed by atoms with Crippen molar-refractivity contribution in [3.8, 4) is 11.3 Å². The molecule has 0 atom stereocenters. The highest BCUT2D eigenvalue weighted by atomic mass is 16.2. The summed E-state index contributed by atoms with van der Waals surface area (Å²) in [4.78, 5) is 19.7. The summed E-state index contributed by atoms with van der Waals surface area (Å²) in [5, 5.41) is 5.13. The highest BCUT2D eigenvalue weighted by molar-refractivity contribution is 6.08. The molecule has 3 rings (SSSR count). The van der Waals surface area contributed by atoms with Crippen LogP contribution in [-0.2, 0) is 7.05 Å². The molecule has 0 aliphatic heterocycles. The maximum Gasteiger partial charge on any atom is 0.254 e. The number of nitrogens with zero attached hydrogens (tertiary/aromatic N) is 4. The number of pyridine rings is 1. The Labute approximate surface area is 148 Å². The number of rotatable bonds is 3. The third-order valence-corrected chi connectivity index (χ3v) is 4.83. The Morgan fingerprint density at radius 3 is 2.56 bits per heavy atom. The molecule has 3 aromatic rings. The maximum atomic E-state index is 13.1. The number of carbonyl (C=O) groups is 1. The fourth-order valence-electron chi connectivity index (χ4n) is 2.83. The Bertz CT molecular complexity index is 956. The van der Waals surface area contributed by atoms with Crippen LogP contribution in [0.25, 0.3) is 22.2 Å². The molecule has 5 heteroatoms. The SMILES string of the molecule is Cc1ccc2c(C(=O)N(C)C(C)C)cc(-c3cnn(C)c3)nc2c1C. The molecule has 130 valence electrons. The van der Waals surface area contributed by atoms with Crippen molar-refractivity contribution < 1.29 is 4.79 Å².